The molecule has 2 amide bonds. The number of nitrogens with zero attached hydrogens (tertiary/aromatic N) is 1. The van der Waals surface area contributed by atoms with Crippen LogP contribution in [0.5, 0.6) is 0 Å². The molecule has 5 heteroatoms. The lowest BCUT2D eigenvalue weighted by molar-refractivity contribution is -0.121. The molecule has 1 aliphatic heterocycles. The highest BCUT2D eigenvalue weighted by atomic mass is 127. The Balaban J connectivity index is 2.12. The van der Waals surface area contributed by atoms with Crippen molar-refractivity contribution in [3.05, 3.63) is 27.8 Å². The molecule has 102 valence electrons. The van der Waals surface area contributed by atoms with Gasteiger partial charge in [0.15, 0.2) is 0 Å². The molecule has 0 spiro atoms. The quantitative estimate of drug-likeness (QED) is 0.651. The van der Waals surface area contributed by atoms with Gasteiger partial charge in [-0.1, -0.05) is 13.8 Å². The third-order valence-corrected chi connectivity index (χ3v) is 3.72. The Bertz CT molecular complexity index is 485. The van der Waals surface area contributed by atoms with Crippen LogP contribution in [-0.4, -0.2) is 24.4 Å². The summed E-state index contributed by atoms with van der Waals surface area (Å²) in [5.41, 5.74) is 0.657. The lowest BCUT2D eigenvalue weighted by Gasteiger charge is -2.16. The maximum Gasteiger partial charge on any atom is 0.251 e. The second kappa shape index (κ2) is 6.00. The second-order valence-electron chi connectivity index (χ2n) is 5.10. The van der Waals surface area contributed by atoms with Crippen LogP contribution in [0.4, 0.5) is 5.69 Å². The van der Waals surface area contributed by atoms with Crippen molar-refractivity contribution >= 4 is 40.1 Å². The number of imide groups is 1. The molecular weight excluding hydrogens is 355 g/mol. The van der Waals surface area contributed by atoms with Gasteiger partial charge in [-0.3, -0.25) is 9.59 Å². The molecule has 1 heterocycles. The molecule has 0 unspecified atom stereocenters. The first kappa shape index (κ1) is 14.5. The highest BCUT2D eigenvalue weighted by molar-refractivity contribution is 14.1. The average Bonchev–Trinajstić information content (AvgIpc) is 2.63. The van der Waals surface area contributed by atoms with E-state index < -0.39 is 0 Å². The molecule has 1 atom stereocenters. The van der Waals surface area contributed by atoms with Gasteiger partial charge in [0.25, 0.3) is 5.91 Å². The number of anilines is 1. The van der Waals surface area contributed by atoms with Crippen molar-refractivity contribution in [1.82, 2.24) is 5.32 Å². The second-order valence-corrected chi connectivity index (χ2v) is 6.35. The summed E-state index contributed by atoms with van der Waals surface area (Å²) in [7, 11) is 0. The minimum Gasteiger partial charge on any atom is -0.305 e. The van der Waals surface area contributed by atoms with Crippen LogP contribution < -0.4 is 10.2 Å². The number of hydrogen-bond donors (Lipinski definition) is 1. The van der Waals surface area contributed by atoms with Gasteiger partial charge in [-0.05, 0) is 59.3 Å². The Labute approximate surface area is 126 Å². The SMILES string of the molecule is CC(C)CN[C@@H]1CC(=O)N(c2ccc(I)cc2)C1=O. The maximum absolute atomic E-state index is 12.3. The lowest BCUT2D eigenvalue weighted by Crippen LogP contribution is -2.40. The third kappa shape index (κ3) is 3.33. The zero-order valence-corrected chi connectivity index (χ0v) is 13.2. The van der Waals surface area contributed by atoms with Crippen LogP contribution in [0.25, 0.3) is 0 Å². The van der Waals surface area contributed by atoms with Crippen LogP contribution in [0.15, 0.2) is 24.3 Å². The number of carbonyl (C=O) groups excluding carboxylic acids is 2. The Morgan fingerprint density at radius 3 is 2.53 bits per heavy atom. The van der Waals surface area contributed by atoms with Crippen molar-refractivity contribution in [1.29, 1.82) is 0 Å². The highest BCUT2D eigenvalue weighted by Gasteiger charge is 2.39. The molecule has 2 rings (SSSR count). The van der Waals surface area contributed by atoms with Gasteiger partial charge in [0.1, 0.15) is 0 Å². The van der Waals surface area contributed by atoms with E-state index in [1.54, 1.807) is 0 Å². The van der Waals surface area contributed by atoms with Gasteiger partial charge in [-0.2, -0.15) is 0 Å². The van der Waals surface area contributed by atoms with E-state index in [1.807, 2.05) is 24.3 Å². The number of halogens is 1. The zero-order chi connectivity index (χ0) is 14.0. The fraction of sp³-hybridized carbons (Fsp3) is 0.429. The number of rotatable bonds is 4. The summed E-state index contributed by atoms with van der Waals surface area (Å²) in [4.78, 5) is 25.5. The number of hydrogen-bond acceptors (Lipinski definition) is 3. The number of carbonyl (C=O) groups is 2. The number of nitrogens with one attached hydrogen (secondary N) is 1. The van der Waals surface area contributed by atoms with E-state index in [9.17, 15) is 9.59 Å². The van der Waals surface area contributed by atoms with Crippen LogP contribution >= 0.6 is 22.6 Å². The normalized spacial score (nSPS) is 19.6. The van der Waals surface area contributed by atoms with Gasteiger partial charge in [0, 0.05) is 3.57 Å². The molecule has 1 aromatic rings. The molecule has 1 N–H and O–H groups in total. The first-order valence-electron chi connectivity index (χ1n) is 6.35. The Hall–Kier alpha value is -0.950. The number of benzene rings is 1. The first-order chi connectivity index (χ1) is 8.99. The van der Waals surface area contributed by atoms with Crippen LogP contribution in [0.3, 0.4) is 0 Å². The summed E-state index contributed by atoms with van der Waals surface area (Å²) < 4.78 is 1.08. The summed E-state index contributed by atoms with van der Waals surface area (Å²) in [5.74, 6) is 0.176. The van der Waals surface area contributed by atoms with Crippen LogP contribution in [0.1, 0.15) is 20.3 Å². The molecule has 1 fully saturated rings. The van der Waals surface area contributed by atoms with Gasteiger partial charge in [-0.25, -0.2) is 4.90 Å². The molecule has 19 heavy (non-hydrogen) atoms. The van der Waals surface area contributed by atoms with Crippen molar-refractivity contribution in [2.24, 2.45) is 5.92 Å². The fourth-order valence-corrected chi connectivity index (χ4v) is 2.39. The molecule has 0 saturated carbocycles. The maximum atomic E-state index is 12.3. The Morgan fingerprint density at radius 2 is 1.95 bits per heavy atom. The Kier molecular flexibility index (Phi) is 4.57. The molecular formula is C14H17IN2O2. The molecule has 4 nitrogen and oxygen atoms in total. The highest BCUT2D eigenvalue weighted by Crippen LogP contribution is 2.23. The third-order valence-electron chi connectivity index (χ3n) is 3.00. The van der Waals surface area contributed by atoms with E-state index in [1.165, 1.54) is 4.90 Å². The summed E-state index contributed by atoms with van der Waals surface area (Å²) in [6.45, 7) is 4.89. The monoisotopic (exact) mass is 372 g/mol. The lowest BCUT2D eigenvalue weighted by atomic mass is 10.2. The van der Waals surface area contributed by atoms with Gasteiger partial charge in [0.2, 0.25) is 5.91 Å². The van der Waals surface area contributed by atoms with E-state index in [0.29, 0.717) is 11.6 Å². The van der Waals surface area contributed by atoms with E-state index >= 15 is 0 Å². The molecule has 0 bridgehead atoms. The van der Waals surface area contributed by atoms with Gasteiger partial charge >= 0.3 is 0 Å². The standard InChI is InChI=1S/C14H17IN2O2/c1-9(2)8-16-12-7-13(18)17(14(12)19)11-5-3-10(15)4-6-11/h3-6,9,12,16H,7-8H2,1-2H3/t12-/m1/s1. The van der Waals surface area contributed by atoms with Gasteiger partial charge in [0.05, 0.1) is 18.2 Å². The molecule has 0 aromatic heterocycles. The summed E-state index contributed by atoms with van der Waals surface area (Å²) in [6, 6.07) is 7.02. The fourth-order valence-electron chi connectivity index (χ4n) is 2.03. The van der Waals surface area contributed by atoms with Crippen molar-refractivity contribution in [2.75, 3.05) is 11.4 Å². The van der Waals surface area contributed by atoms with Crippen molar-refractivity contribution < 1.29 is 9.59 Å². The van der Waals surface area contributed by atoms with Crippen LogP contribution in [-0.2, 0) is 9.59 Å². The van der Waals surface area contributed by atoms with E-state index in [4.69, 9.17) is 0 Å². The average molecular weight is 372 g/mol. The first-order valence-corrected chi connectivity index (χ1v) is 7.42. The minimum absolute atomic E-state index is 0.132. The molecule has 0 radical (unpaired) electrons. The summed E-state index contributed by atoms with van der Waals surface area (Å²) >= 11 is 2.19. The number of amides is 2. The van der Waals surface area contributed by atoms with E-state index in [2.05, 4.69) is 41.8 Å². The van der Waals surface area contributed by atoms with Crippen LogP contribution in [0, 0.1) is 9.49 Å². The summed E-state index contributed by atoms with van der Waals surface area (Å²) in [5, 5.41) is 3.16. The predicted molar refractivity (Wildman–Crippen MR) is 82.9 cm³/mol. The topological polar surface area (TPSA) is 49.4 Å². The van der Waals surface area contributed by atoms with Crippen molar-refractivity contribution in [2.45, 2.75) is 26.3 Å². The zero-order valence-electron chi connectivity index (χ0n) is 11.0. The molecule has 1 aliphatic rings. The molecule has 0 aliphatic carbocycles. The van der Waals surface area contributed by atoms with Gasteiger partial charge in [-0.15, -0.1) is 0 Å². The minimum atomic E-state index is -0.380. The molecule has 1 aromatic carbocycles. The van der Waals surface area contributed by atoms with Crippen molar-refractivity contribution in [3.8, 4) is 0 Å². The predicted octanol–water partition coefficient (Wildman–Crippen LogP) is 2.17. The smallest absolute Gasteiger partial charge is 0.251 e. The largest absolute Gasteiger partial charge is 0.305 e. The summed E-state index contributed by atoms with van der Waals surface area (Å²) in [6.07, 6.45) is 0.248. The van der Waals surface area contributed by atoms with Gasteiger partial charge < -0.3 is 5.32 Å². The van der Waals surface area contributed by atoms with Crippen molar-refractivity contribution in [3.63, 3.8) is 0 Å². The van der Waals surface area contributed by atoms with E-state index in [0.717, 1.165) is 10.1 Å². The molecule has 1 saturated heterocycles. The Morgan fingerprint density at radius 1 is 1.32 bits per heavy atom. The van der Waals surface area contributed by atoms with E-state index in [-0.39, 0.29) is 24.3 Å². The van der Waals surface area contributed by atoms with Crippen LogP contribution in [0.2, 0.25) is 0 Å².